The number of nitrogen functional groups attached to an aromatic ring is 1. The number of hydrogen-bond acceptors (Lipinski definition) is 4. The van der Waals surface area contributed by atoms with E-state index in [9.17, 15) is 4.39 Å². The van der Waals surface area contributed by atoms with Crippen LogP contribution < -0.4 is 10.5 Å². The van der Waals surface area contributed by atoms with Crippen LogP contribution in [0.3, 0.4) is 0 Å². The summed E-state index contributed by atoms with van der Waals surface area (Å²) in [5, 5.41) is 0. The quantitative estimate of drug-likeness (QED) is 0.921. The molecule has 0 amide bonds. The molecule has 82 valence electrons. The zero-order chi connectivity index (χ0) is 11.5. The van der Waals surface area contributed by atoms with E-state index in [-0.39, 0.29) is 11.8 Å². The van der Waals surface area contributed by atoms with E-state index in [2.05, 4.69) is 25.9 Å². The van der Waals surface area contributed by atoms with E-state index < -0.39 is 0 Å². The van der Waals surface area contributed by atoms with Crippen LogP contribution in [0.15, 0.2) is 35.1 Å². The number of ether oxygens (including phenoxy) is 1. The van der Waals surface area contributed by atoms with Gasteiger partial charge < -0.3 is 10.5 Å². The Kier molecular flexibility index (Phi) is 3.00. The van der Waals surface area contributed by atoms with Gasteiger partial charge in [-0.1, -0.05) is 0 Å². The number of nitrogens with zero attached hydrogens (tertiary/aromatic N) is 2. The Morgan fingerprint density at radius 3 is 2.56 bits per heavy atom. The van der Waals surface area contributed by atoms with Crippen LogP contribution in [0.5, 0.6) is 11.8 Å². The maximum Gasteiger partial charge on any atom is 0.322 e. The third kappa shape index (κ3) is 2.46. The van der Waals surface area contributed by atoms with Gasteiger partial charge in [0.05, 0.1) is 22.6 Å². The van der Waals surface area contributed by atoms with Gasteiger partial charge in [-0.05, 0) is 34.1 Å². The topological polar surface area (TPSA) is 61.0 Å². The van der Waals surface area contributed by atoms with E-state index in [1.807, 2.05) is 0 Å². The van der Waals surface area contributed by atoms with Crippen LogP contribution in [0.25, 0.3) is 0 Å². The van der Waals surface area contributed by atoms with E-state index >= 15 is 0 Å². The Labute approximate surface area is 99.4 Å². The highest BCUT2D eigenvalue weighted by atomic mass is 79.9. The summed E-state index contributed by atoms with van der Waals surface area (Å²) in [7, 11) is 0. The minimum absolute atomic E-state index is 0.160. The lowest BCUT2D eigenvalue weighted by Crippen LogP contribution is -1.94. The highest BCUT2D eigenvalue weighted by Crippen LogP contribution is 2.24. The molecular formula is C10H7BrFN3O. The zero-order valence-electron chi connectivity index (χ0n) is 8.02. The number of hydrogen-bond donors (Lipinski definition) is 1. The van der Waals surface area contributed by atoms with Crippen molar-refractivity contribution in [2.24, 2.45) is 0 Å². The first-order valence-corrected chi connectivity index (χ1v) is 5.15. The van der Waals surface area contributed by atoms with Gasteiger partial charge in [0.25, 0.3) is 0 Å². The number of nitrogens with two attached hydrogens (primary N) is 1. The second kappa shape index (κ2) is 4.44. The molecule has 0 atom stereocenters. The molecule has 0 unspecified atom stereocenters. The lowest BCUT2D eigenvalue weighted by molar-refractivity contribution is 0.440. The van der Waals surface area contributed by atoms with E-state index in [0.717, 1.165) is 0 Å². The van der Waals surface area contributed by atoms with Crippen molar-refractivity contribution in [3.05, 3.63) is 40.9 Å². The van der Waals surface area contributed by atoms with Crippen molar-refractivity contribution in [3.63, 3.8) is 0 Å². The van der Waals surface area contributed by atoms with Gasteiger partial charge in [0.1, 0.15) is 11.6 Å². The summed E-state index contributed by atoms with van der Waals surface area (Å²) in [6, 6.07) is 4.43. The molecule has 1 aromatic heterocycles. The van der Waals surface area contributed by atoms with E-state index in [1.54, 1.807) is 0 Å². The van der Waals surface area contributed by atoms with Gasteiger partial charge in [-0.15, -0.1) is 0 Å². The Balaban J connectivity index is 2.20. The lowest BCUT2D eigenvalue weighted by Gasteiger charge is -2.04. The van der Waals surface area contributed by atoms with E-state index in [0.29, 0.717) is 15.9 Å². The molecule has 0 aliphatic heterocycles. The van der Waals surface area contributed by atoms with Crippen LogP contribution >= 0.6 is 15.9 Å². The molecule has 16 heavy (non-hydrogen) atoms. The van der Waals surface area contributed by atoms with Crippen LogP contribution in [0.1, 0.15) is 0 Å². The molecule has 0 bridgehead atoms. The van der Waals surface area contributed by atoms with Crippen LogP contribution in [-0.2, 0) is 0 Å². The molecule has 0 spiro atoms. The number of halogens is 2. The normalized spacial score (nSPS) is 10.1. The molecule has 0 saturated heterocycles. The monoisotopic (exact) mass is 283 g/mol. The van der Waals surface area contributed by atoms with Gasteiger partial charge >= 0.3 is 6.01 Å². The summed E-state index contributed by atoms with van der Waals surface area (Å²) in [4.78, 5) is 7.72. The van der Waals surface area contributed by atoms with Crippen LogP contribution in [-0.4, -0.2) is 9.97 Å². The average molecular weight is 284 g/mol. The smallest absolute Gasteiger partial charge is 0.322 e. The molecular weight excluding hydrogens is 277 g/mol. The van der Waals surface area contributed by atoms with Crippen molar-refractivity contribution in [3.8, 4) is 11.8 Å². The van der Waals surface area contributed by atoms with Gasteiger partial charge in [0.15, 0.2) is 0 Å². The fraction of sp³-hybridized carbons (Fsp3) is 0. The summed E-state index contributed by atoms with van der Waals surface area (Å²) >= 11 is 3.06. The van der Waals surface area contributed by atoms with Crippen molar-refractivity contribution in [2.45, 2.75) is 0 Å². The molecule has 0 fully saturated rings. The summed E-state index contributed by atoms with van der Waals surface area (Å²) in [6.07, 6.45) is 2.86. The van der Waals surface area contributed by atoms with Gasteiger partial charge in [-0.2, -0.15) is 0 Å². The molecule has 6 heteroatoms. The summed E-state index contributed by atoms with van der Waals surface area (Å²) in [5.74, 6) is 0.0867. The van der Waals surface area contributed by atoms with Crippen LogP contribution in [0, 0.1) is 5.82 Å². The second-order valence-corrected chi connectivity index (χ2v) is 3.83. The predicted molar refractivity (Wildman–Crippen MR) is 60.6 cm³/mol. The van der Waals surface area contributed by atoms with Crippen molar-refractivity contribution < 1.29 is 9.13 Å². The second-order valence-electron chi connectivity index (χ2n) is 2.98. The molecule has 0 radical (unpaired) electrons. The maximum absolute atomic E-state index is 12.9. The van der Waals surface area contributed by atoms with Gasteiger partial charge in [0.2, 0.25) is 0 Å². The molecule has 0 aliphatic carbocycles. The fourth-order valence-corrected chi connectivity index (χ4v) is 1.38. The van der Waals surface area contributed by atoms with Crippen molar-refractivity contribution in [2.75, 3.05) is 5.73 Å². The predicted octanol–water partition coefficient (Wildman–Crippen LogP) is 2.75. The van der Waals surface area contributed by atoms with Crippen LogP contribution in [0.2, 0.25) is 0 Å². The Morgan fingerprint density at radius 2 is 1.94 bits per heavy atom. The minimum Gasteiger partial charge on any atom is -0.424 e. The van der Waals surface area contributed by atoms with Gasteiger partial charge in [0, 0.05) is 0 Å². The Morgan fingerprint density at radius 1 is 1.25 bits per heavy atom. The fourth-order valence-electron chi connectivity index (χ4n) is 1.02. The van der Waals surface area contributed by atoms with Crippen molar-refractivity contribution in [1.82, 2.24) is 9.97 Å². The van der Waals surface area contributed by atoms with E-state index in [1.165, 1.54) is 30.6 Å². The Bertz CT molecular complexity index is 504. The van der Waals surface area contributed by atoms with Crippen LogP contribution in [0.4, 0.5) is 10.1 Å². The number of aromatic nitrogens is 2. The lowest BCUT2D eigenvalue weighted by atomic mass is 10.3. The van der Waals surface area contributed by atoms with Gasteiger partial charge in [-0.3, -0.25) is 0 Å². The highest BCUT2D eigenvalue weighted by molar-refractivity contribution is 9.10. The minimum atomic E-state index is -0.356. The first kappa shape index (κ1) is 10.8. The van der Waals surface area contributed by atoms with Crippen molar-refractivity contribution >= 4 is 21.6 Å². The molecule has 1 heterocycles. The number of rotatable bonds is 2. The average Bonchev–Trinajstić information content (AvgIpc) is 2.27. The third-order valence-electron chi connectivity index (χ3n) is 1.75. The third-order valence-corrected chi connectivity index (χ3v) is 2.36. The molecule has 4 nitrogen and oxygen atoms in total. The molecule has 0 saturated carbocycles. The van der Waals surface area contributed by atoms with Gasteiger partial charge in [-0.25, -0.2) is 14.4 Å². The highest BCUT2D eigenvalue weighted by Gasteiger charge is 2.03. The standard InChI is InChI=1S/C10H7BrFN3O/c11-8-3-7(1-2-9(8)12)16-10-14-4-6(13)5-15-10/h1-5H,13H2. The summed E-state index contributed by atoms with van der Waals surface area (Å²) in [5.41, 5.74) is 5.88. The SMILES string of the molecule is Nc1cnc(Oc2ccc(F)c(Br)c2)nc1. The maximum atomic E-state index is 12.9. The molecule has 2 N–H and O–H groups in total. The molecule has 0 aliphatic rings. The largest absolute Gasteiger partial charge is 0.424 e. The first-order chi connectivity index (χ1) is 7.65. The first-order valence-electron chi connectivity index (χ1n) is 4.35. The molecule has 2 rings (SSSR count). The number of benzene rings is 1. The number of anilines is 1. The Hall–Kier alpha value is -1.69. The van der Waals surface area contributed by atoms with Crippen molar-refractivity contribution in [1.29, 1.82) is 0 Å². The molecule has 1 aromatic carbocycles. The zero-order valence-corrected chi connectivity index (χ0v) is 9.61. The van der Waals surface area contributed by atoms with E-state index in [4.69, 9.17) is 10.5 Å². The summed E-state index contributed by atoms with van der Waals surface area (Å²) < 4.78 is 18.6. The molecule has 2 aromatic rings. The summed E-state index contributed by atoms with van der Waals surface area (Å²) in [6.45, 7) is 0.